The van der Waals surface area contributed by atoms with E-state index in [1.165, 1.54) is 25.6 Å². The molecule has 0 saturated heterocycles. The van der Waals surface area contributed by atoms with Crippen molar-refractivity contribution in [3.8, 4) is 11.8 Å². The van der Waals surface area contributed by atoms with Gasteiger partial charge >= 0.3 is 0 Å². The van der Waals surface area contributed by atoms with Gasteiger partial charge in [-0.2, -0.15) is 5.26 Å². The highest BCUT2D eigenvalue weighted by atomic mass is 32.2. The standard InChI is InChI=1S/C14H18N2O3S/c1-16-20(17,18)13-7-8-14(11(9-13)10-15)19-12-5-3-2-4-6-12/h7-9,12,16H,2-6H2,1H3. The fourth-order valence-electron chi connectivity index (χ4n) is 2.35. The molecule has 6 heteroatoms. The molecule has 0 amide bonds. The van der Waals surface area contributed by atoms with Crippen molar-refractivity contribution in [3.63, 3.8) is 0 Å². The van der Waals surface area contributed by atoms with Gasteiger partial charge in [0.05, 0.1) is 16.6 Å². The maximum absolute atomic E-state index is 11.7. The van der Waals surface area contributed by atoms with E-state index in [1.807, 2.05) is 6.07 Å². The Morgan fingerprint density at radius 3 is 2.60 bits per heavy atom. The molecule has 1 fully saturated rings. The lowest BCUT2D eigenvalue weighted by Gasteiger charge is -2.23. The lowest BCUT2D eigenvalue weighted by Crippen LogP contribution is -2.21. The van der Waals surface area contributed by atoms with Gasteiger partial charge in [-0.1, -0.05) is 6.42 Å². The van der Waals surface area contributed by atoms with Gasteiger partial charge in [-0.15, -0.1) is 0 Å². The van der Waals surface area contributed by atoms with Crippen LogP contribution < -0.4 is 9.46 Å². The van der Waals surface area contributed by atoms with Crippen molar-refractivity contribution >= 4 is 10.0 Å². The van der Waals surface area contributed by atoms with E-state index in [0.29, 0.717) is 5.75 Å². The molecule has 1 aliphatic rings. The van der Waals surface area contributed by atoms with Crippen LogP contribution in [0, 0.1) is 11.3 Å². The van der Waals surface area contributed by atoms with Crippen LogP contribution in [0.2, 0.25) is 0 Å². The predicted octanol–water partition coefficient (Wildman–Crippen LogP) is 2.18. The average Bonchev–Trinajstić information content (AvgIpc) is 2.48. The molecular weight excluding hydrogens is 276 g/mol. The van der Waals surface area contributed by atoms with Crippen LogP contribution >= 0.6 is 0 Å². The summed E-state index contributed by atoms with van der Waals surface area (Å²) in [6, 6.07) is 6.39. The molecular formula is C14H18N2O3S. The van der Waals surface area contributed by atoms with Crippen LogP contribution in [-0.4, -0.2) is 21.6 Å². The van der Waals surface area contributed by atoms with Crippen molar-refractivity contribution in [2.45, 2.75) is 43.1 Å². The summed E-state index contributed by atoms with van der Waals surface area (Å²) in [6.07, 6.45) is 5.60. The molecule has 1 aromatic carbocycles. The molecule has 0 unspecified atom stereocenters. The molecule has 0 radical (unpaired) electrons. The number of hydrogen-bond donors (Lipinski definition) is 1. The van der Waals surface area contributed by atoms with Crippen molar-refractivity contribution in [1.29, 1.82) is 5.26 Å². The zero-order chi connectivity index (χ0) is 14.6. The Kier molecular flexibility index (Phi) is 4.63. The van der Waals surface area contributed by atoms with E-state index < -0.39 is 10.0 Å². The maximum Gasteiger partial charge on any atom is 0.240 e. The number of nitrogens with one attached hydrogen (secondary N) is 1. The van der Waals surface area contributed by atoms with Gasteiger partial charge in [0.15, 0.2) is 0 Å². The molecule has 0 bridgehead atoms. The van der Waals surface area contributed by atoms with E-state index in [1.54, 1.807) is 6.07 Å². The summed E-state index contributed by atoms with van der Waals surface area (Å²) in [5.74, 6) is 0.467. The fourth-order valence-corrected chi connectivity index (χ4v) is 3.10. The maximum atomic E-state index is 11.7. The Hall–Kier alpha value is -1.58. The Bertz CT molecular complexity index is 614. The number of hydrogen-bond acceptors (Lipinski definition) is 4. The minimum Gasteiger partial charge on any atom is -0.489 e. The van der Waals surface area contributed by atoms with Crippen LogP contribution in [0.25, 0.3) is 0 Å². The highest BCUT2D eigenvalue weighted by molar-refractivity contribution is 7.89. The second-order valence-corrected chi connectivity index (χ2v) is 6.74. The molecule has 0 spiro atoms. The van der Waals surface area contributed by atoms with Gasteiger partial charge in [0.1, 0.15) is 11.8 Å². The number of benzene rings is 1. The van der Waals surface area contributed by atoms with Crippen molar-refractivity contribution < 1.29 is 13.2 Å². The first-order chi connectivity index (χ1) is 9.56. The highest BCUT2D eigenvalue weighted by Crippen LogP contribution is 2.27. The van der Waals surface area contributed by atoms with E-state index in [-0.39, 0.29) is 16.6 Å². The average molecular weight is 294 g/mol. The first-order valence-electron chi connectivity index (χ1n) is 6.71. The van der Waals surface area contributed by atoms with Gasteiger partial charge in [-0.3, -0.25) is 0 Å². The lowest BCUT2D eigenvalue weighted by molar-refractivity contribution is 0.154. The molecule has 1 aromatic rings. The summed E-state index contributed by atoms with van der Waals surface area (Å²) in [5.41, 5.74) is 0.256. The smallest absolute Gasteiger partial charge is 0.240 e. The second kappa shape index (κ2) is 6.25. The monoisotopic (exact) mass is 294 g/mol. The second-order valence-electron chi connectivity index (χ2n) is 4.86. The third-order valence-corrected chi connectivity index (χ3v) is 4.91. The van der Waals surface area contributed by atoms with Gasteiger partial charge in [-0.05, 0) is 50.9 Å². The van der Waals surface area contributed by atoms with Gasteiger partial charge in [0, 0.05) is 0 Å². The van der Waals surface area contributed by atoms with E-state index in [2.05, 4.69) is 4.72 Å². The summed E-state index contributed by atoms with van der Waals surface area (Å²) in [5, 5.41) is 9.17. The predicted molar refractivity (Wildman–Crippen MR) is 74.9 cm³/mol. The fraction of sp³-hybridized carbons (Fsp3) is 0.500. The lowest BCUT2D eigenvalue weighted by atomic mass is 9.98. The summed E-state index contributed by atoms with van der Waals surface area (Å²) in [4.78, 5) is 0.0764. The molecule has 0 aliphatic heterocycles. The zero-order valence-corrected chi connectivity index (χ0v) is 12.2. The zero-order valence-electron chi connectivity index (χ0n) is 11.4. The van der Waals surface area contributed by atoms with Crippen LogP contribution in [0.5, 0.6) is 5.75 Å². The molecule has 5 nitrogen and oxygen atoms in total. The minimum absolute atomic E-state index is 0.0764. The Labute approximate surface area is 119 Å². The quantitative estimate of drug-likeness (QED) is 0.923. The third kappa shape index (κ3) is 3.30. The first-order valence-corrected chi connectivity index (χ1v) is 8.19. The SMILES string of the molecule is CNS(=O)(=O)c1ccc(OC2CCCCC2)c(C#N)c1. The normalized spacial score (nSPS) is 16.6. The minimum atomic E-state index is -3.54. The molecule has 0 aromatic heterocycles. The van der Waals surface area contributed by atoms with Crippen molar-refractivity contribution in [3.05, 3.63) is 23.8 Å². The number of nitriles is 1. The molecule has 0 heterocycles. The number of nitrogens with zero attached hydrogens (tertiary/aromatic N) is 1. The van der Waals surface area contributed by atoms with Gasteiger partial charge < -0.3 is 4.74 Å². The largest absolute Gasteiger partial charge is 0.489 e. The summed E-state index contributed by atoms with van der Waals surface area (Å²) < 4.78 is 31.5. The first kappa shape index (κ1) is 14.8. The van der Waals surface area contributed by atoms with Crippen molar-refractivity contribution in [1.82, 2.24) is 4.72 Å². The number of ether oxygens (including phenoxy) is 1. The number of sulfonamides is 1. The molecule has 20 heavy (non-hydrogen) atoms. The van der Waals surface area contributed by atoms with E-state index >= 15 is 0 Å². The van der Waals surface area contributed by atoms with Crippen molar-refractivity contribution in [2.75, 3.05) is 7.05 Å². The Morgan fingerprint density at radius 1 is 1.30 bits per heavy atom. The van der Waals surface area contributed by atoms with Crippen LogP contribution in [-0.2, 0) is 10.0 Å². The molecule has 2 rings (SSSR count). The number of rotatable bonds is 4. The molecule has 1 saturated carbocycles. The highest BCUT2D eigenvalue weighted by Gasteiger charge is 2.19. The van der Waals surface area contributed by atoms with Gasteiger partial charge in [0.2, 0.25) is 10.0 Å². The summed E-state index contributed by atoms with van der Waals surface area (Å²) >= 11 is 0. The van der Waals surface area contributed by atoms with Gasteiger partial charge in [0.25, 0.3) is 0 Å². The van der Waals surface area contributed by atoms with Crippen LogP contribution in [0.1, 0.15) is 37.7 Å². The summed E-state index contributed by atoms with van der Waals surface area (Å²) in [6.45, 7) is 0. The van der Waals surface area contributed by atoms with Gasteiger partial charge in [-0.25, -0.2) is 13.1 Å². The molecule has 108 valence electrons. The molecule has 1 aliphatic carbocycles. The third-order valence-electron chi connectivity index (χ3n) is 3.50. The summed E-state index contributed by atoms with van der Waals surface area (Å²) in [7, 11) is -2.20. The Balaban J connectivity index is 2.24. The molecule has 0 atom stereocenters. The van der Waals surface area contributed by atoms with Crippen LogP contribution in [0.4, 0.5) is 0 Å². The van der Waals surface area contributed by atoms with E-state index in [0.717, 1.165) is 25.7 Å². The van der Waals surface area contributed by atoms with Crippen LogP contribution in [0.15, 0.2) is 23.1 Å². The Morgan fingerprint density at radius 2 is 2.00 bits per heavy atom. The molecule has 1 N–H and O–H groups in total. The van der Waals surface area contributed by atoms with Crippen molar-refractivity contribution in [2.24, 2.45) is 0 Å². The topological polar surface area (TPSA) is 79.2 Å². The van der Waals surface area contributed by atoms with E-state index in [9.17, 15) is 8.42 Å². The van der Waals surface area contributed by atoms with E-state index in [4.69, 9.17) is 10.00 Å². The van der Waals surface area contributed by atoms with Crippen LogP contribution in [0.3, 0.4) is 0 Å².